The number of ether oxygens (including phenoxy) is 1. The number of nitrogens with zero attached hydrogens (tertiary/aromatic N) is 2. The van der Waals surface area contributed by atoms with E-state index in [9.17, 15) is 31.1 Å². The number of carbonyl (C=O) groups excluding carboxylic acids is 1. The number of amides is 1. The van der Waals surface area contributed by atoms with E-state index in [0.29, 0.717) is 6.07 Å². The molecule has 0 bridgehead atoms. The number of alkyl halides is 6. The molecule has 11 heteroatoms. The molecule has 1 N–H and O–H groups in total. The first-order chi connectivity index (χ1) is 12.5. The number of halogens is 6. The molecular weight excluding hydrogens is 380 g/mol. The van der Waals surface area contributed by atoms with Crippen LogP contribution in [0.1, 0.15) is 22.7 Å². The van der Waals surface area contributed by atoms with Gasteiger partial charge < -0.3 is 9.64 Å². The van der Waals surface area contributed by atoms with Gasteiger partial charge >= 0.3 is 18.4 Å². The normalized spacial score (nSPS) is 17.5. The molecule has 0 saturated carbocycles. The molecule has 148 valence electrons. The maximum atomic E-state index is 13.5. The van der Waals surface area contributed by atoms with Gasteiger partial charge in [-0.2, -0.15) is 26.3 Å². The van der Waals surface area contributed by atoms with Crippen molar-refractivity contribution < 1.29 is 35.9 Å². The molecule has 1 atom stereocenters. The van der Waals surface area contributed by atoms with Gasteiger partial charge in [0.15, 0.2) is 0 Å². The van der Waals surface area contributed by atoms with E-state index in [1.165, 1.54) is 11.0 Å². The maximum absolute atomic E-state index is 13.5. The van der Waals surface area contributed by atoms with Gasteiger partial charge in [-0.15, -0.1) is 6.58 Å². The second kappa shape index (κ2) is 7.49. The zero-order chi connectivity index (χ0) is 20.4. The Bertz CT molecular complexity index is 758. The minimum absolute atomic E-state index is 0.0545. The second-order valence-electron chi connectivity index (χ2n) is 5.50. The number of aliphatic imine (C=N–C) groups is 1. The number of nitrogens with one attached hydrogen (secondary N) is 1. The Morgan fingerprint density at radius 3 is 2.52 bits per heavy atom. The minimum Gasteiger partial charge on any atom is -0.453 e. The van der Waals surface area contributed by atoms with Crippen molar-refractivity contribution in [3.8, 4) is 0 Å². The molecular formula is C16H15F6N3O2. The summed E-state index contributed by atoms with van der Waals surface area (Å²) in [6, 6.07) is 1.09. The largest absolute Gasteiger partial charge is 0.453 e. The summed E-state index contributed by atoms with van der Waals surface area (Å²) in [5, 5.41) is 2.23. The van der Waals surface area contributed by atoms with Gasteiger partial charge in [-0.3, -0.25) is 10.3 Å². The van der Waals surface area contributed by atoms with Gasteiger partial charge in [0.2, 0.25) is 5.96 Å². The van der Waals surface area contributed by atoms with Crippen LogP contribution in [0.25, 0.3) is 0 Å². The lowest BCUT2D eigenvalue weighted by Crippen LogP contribution is -2.43. The monoisotopic (exact) mass is 395 g/mol. The number of benzene rings is 1. The lowest BCUT2D eigenvalue weighted by molar-refractivity contribution is -0.162. The molecule has 0 aromatic heterocycles. The molecule has 0 fully saturated rings. The number of alkyl carbamates (subject to hydrolysis) is 1. The third-order valence-electron chi connectivity index (χ3n) is 3.83. The summed E-state index contributed by atoms with van der Waals surface area (Å²) < 4.78 is 84.4. The molecule has 1 aromatic rings. The highest BCUT2D eigenvalue weighted by molar-refractivity contribution is 5.95. The molecule has 0 saturated heterocycles. The Labute approximate surface area is 150 Å². The summed E-state index contributed by atoms with van der Waals surface area (Å²) in [7, 11) is 1.08. The predicted octanol–water partition coefficient (Wildman–Crippen LogP) is 3.98. The highest BCUT2D eigenvalue weighted by Crippen LogP contribution is 2.45. The number of hydrogen-bond acceptors (Lipinski definition) is 4. The lowest BCUT2D eigenvalue weighted by Gasteiger charge is -2.29. The standard InChI is InChI=1S/C16H15F6N3O2/c1-3-7-25-11(8-23-13(25)24-14(26)27-2)9-5-4-6-10(15(17,18)19)12(9)16(20,21)22/h3-6,11H,1,7-8H2,2H3,(H,23,24,26). The summed E-state index contributed by atoms with van der Waals surface area (Å²) in [6.45, 7) is 3.14. The molecule has 27 heavy (non-hydrogen) atoms. The van der Waals surface area contributed by atoms with Crippen LogP contribution >= 0.6 is 0 Å². The van der Waals surface area contributed by atoms with E-state index >= 15 is 0 Å². The van der Waals surface area contributed by atoms with Gasteiger partial charge in [-0.25, -0.2) is 4.79 Å². The van der Waals surface area contributed by atoms with Crippen LogP contribution in [0.15, 0.2) is 35.8 Å². The fourth-order valence-electron chi connectivity index (χ4n) is 2.78. The SMILES string of the molecule is C=CCN1C(NC(=O)OC)=NCC1c1cccc(C(F)(F)F)c1C(F)(F)F. The van der Waals surface area contributed by atoms with Crippen LogP contribution in [0.5, 0.6) is 0 Å². The fourth-order valence-corrected chi connectivity index (χ4v) is 2.78. The lowest BCUT2D eigenvalue weighted by atomic mass is 9.94. The van der Waals surface area contributed by atoms with Gasteiger partial charge in [0.1, 0.15) is 0 Å². The first kappa shape index (κ1) is 20.6. The van der Waals surface area contributed by atoms with Crippen molar-refractivity contribution in [2.75, 3.05) is 20.2 Å². The first-order valence-electron chi connectivity index (χ1n) is 7.55. The van der Waals surface area contributed by atoms with Crippen molar-refractivity contribution in [3.05, 3.63) is 47.5 Å². The third-order valence-corrected chi connectivity index (χ3v) is 3.83. The van der Waals surface area contributed by atoms with Crippen molar-refractivity contribution in [3.63, 3.8) is 0 Å². The van der Waals surface area contributed by atoms with E-state index in [1.54, 1.807) is 0 Å². The quantitative estimate of drug-likeness (QED) is 0.622. The van der Waals surface area contributed by atoms with Gasteiger partial charge in [-0.05, 0) is 11.6 Å². The van der Waals surface area contributed by atoms with E-state index in [-0.39, 0.29) is 19.0 Å². The van der Waals surface area contributed by atoms with Crippen molar-refractivity contribution in [1.29, 1.82) is 0 Å². The Hall–Kier alpha value is -2.72. The van der Waals surface area contributed by atoms with Crippen LogP contribution in [-0.4, -0.2) is 37.2 Å². The zero-order valence-electron chi connectivity index (χ0n) is 14.0. The van der Waals surface area contributed by atoms with Gasteiger partial charge in [0.25, 0.3) is 0 Å². The van der Waals surface area contributed by atoms with Crippen LogP contribution in [0.3, 0.4) is 0 Å². The van der Waals surface area contributed by atoms with Crippen LogP contribution in [0.4, 0.5) is 31.1 Å². The average Bonchev–Trinajstić information content (AvgIpc) is 2.95. The van der Waals surface area contributed by atoms with E-state index < -0.39 is 41.2 Å². The van der Waals surface area contributed by atoms with E-state index in [4.69, 9.17) is 0 Å². The first-order valence-corrected chi connectivity index (χ1v) is 7.55. The maximum Gasteiger partial charge on any atom is 0.417 e. The highest BCUT2D eigenvalue weighted by atomic mass is 19.4. The third kappa shape index (κ3) is 4.34. The summed E-state index contributed by atoms with van der Waals surface area (Å²) in [5.41, 5.74) is -4.14. The average molecular weight is 395 g/mol. The van der Waals surface area contributed by atoms with E-state index in [0.717, 1.165) is 19.2 Å². The van der Waals surface area contributed by atoms with Crippen LogP contribution < -0.4 is 5.32 Å². The van der Waals surface area contributed by atoms with Crippen LogP contribution in [0.2, 0.25) is 0 Å². The smallest absolute Gasteiger partial charge is 0.417 e. The molecule has 1 amide bonds. The van der Waals surface area contributed by atoms with Crippen molar-refractivity contribution in [2.45, 2.75) is 18.4 Å². The number of rotatable bonds is 3. The van der Waals surface area contributed by atoms with Crippen molar-refractivity contribution >= 4 is 12.1 Å². The van der Waals surface area contributed by atoms with Gasteiger partial charge in [-0.1, -0.05) is 18.2 Å². The number of guanidine groups is 1. The van der Waals surface area contributed by atoms with Crippen molar-refractivity contribution in [2.24, 2.45) is 4.99 Å². The molecule has 1 aliphatic rings. The highest BCUT2D eigenvalue weighted by Gasteiger charge is 2.47. The Morgan fingerprint density at radius 1 is 1.33 bits per heavy atom. The molecule has 1 heterocycles. The summed E-state index contributed by atoms with van der Waals surface area (Å²) in [5.74, 6) is -0.114. The molecule has 0 radical (unpaired) electrons. The van der Waals surface area contributed by atoms with Crippen LogP contribution in [0, 0.1) is 0 Å². The van der Waals surface area contributed by atoms with Crippen molar-refractivity contribution in [1.82, 2.24) is 10.2 Å². The summed E-state index contributed by atoms with van der Waals surface area (Å²) in [6.07, 6.45) is -10.0. The van der Waals surface area contributed by atoms with Crippen LogP contribution in [-0.2, 0) is 17.1 Å². The van der Waals surface area contributed by atoms with Gasteiger partial charge in [0, 0.05) is 6.54 Å². The molecule has 1 unspecified atom stereocenters. The topological polar surface area (TPSA) is 53.9 Å². The number of methoxy groups -OCH3 is 1. The van der Waals surface area contributed by atoms with Gasteiger partial charge in [0.05, 0.1) is 30.8 Å². The molecule has 1 aliphatic heterocycles. The Balaban J connectivity index is 2.54. The molecule has 5 nitrogen and oxygen atoms in total. The molecule has 0 spiro atoms. The number of carbonyl (C=O) groups is 1. The molecule has 1 aromatic carbocycles. The minimum atomic E-state index is -5.24. The van der Waals surface area contributed by atoms with E-state index in [2.05, 4.69) is 21.6 Å². The summed E-state index contributed by atoms with van der Waals surface area (Å²) >= 11 is 0. The number of hydrogen-bond donors (Lipinski definition) is 1. The second-order valence-corrected chi connectivity index (χ2v) is 5.50. The predicted molar refractivity (Wildman–Crippen MR) is 83.9 cm³/mol. The Kier molecular flexibility index (Phi) is 5.71. The Morgan fingerprint density at radius 2 is 2.00 bits per heavy atom. The molecule has 2 rings (SSSR count). The molecule has 0 aliphatic carbocycles. The fraction of sp³-hybridized carbons (Fsp3) is 0.375. The summed E-state index contributed by atoms with van der Waals surface area (Å²) in [4.78, 5) is 16.5. The van der Waals surface area contributed by atoms with E-state index in [1.807, 2.05) is 0 Å². The zero-order valence-corrected chi connectivity index (χ0v) is 14.0.